The van der Waals surface area contributed by atoms with Crippen LogP contribution in [0.4, 0.5) is 0 Å². The molecule has 0 amide bonds. The van der Waals surface area contributed by atoms with E-state index in [1.54, 1.807) is 0 Å². The predicted octanol–water partition coefficient (Wildman–Crippen LogP) is 23.1. The Bertz CT molecular complexity index is 1870. The number of hydrogen-bond acceptors (Lipinski definition) is 15. The van der Waals surface area contributed by atoms with Crippen molar-refractivity contribution >= 4 is 39.5 Å². The summed E-state index contributed by atoms with van der Waals surface area (Å²) in [5.74, 6) is -0.691. The lowest BCUT2D eigenvalue weighted by Crippen LogP contribution is -2.30. The largest absolute Gasteiger partial charge is 0.472 e. The smallest absolute Gasteiger partial charge is 0.462 e. The quantitative estimate of drug-likeness (QED) is 0.0222. The number of phosphoric ester groups is 2. The minimum absolute atomic E-state index is 0.103. The zero-order valence-corrected chi connectivity index (χ0v) is 65.2. The number of phosphoric acid groups is 2. The molecule has 3 N–H and O–H groups in total. The van der Waals surface area contributed by atoms with Crippen LogP contribution in [0.5, 0.6) is 0 Å². The van der Waals surface area contributed by atoms with E-state index in [1.807, 2.05) is 0 Å². The van der Waals surface area contributed by atoms with E-state index >= 15 is 0 Å². The molecule has 0 aromatic carbocycles. The average Bonchev–Trinajstić information content (AvgIpc) is 1.60. The number of unbranched alkanes of at least 4 members (excludes halogenated alkanes) is 46. The van der Waals surface area contributed by atoms with Crippen molar-refractivity contribution in [3.8, 4) is 0 Å². The lowest BCUT2D eigenvalue weighted by atomic mass is 10.00. The minimum Gasteiger partial charge on any atom is -0.462 e. The van der Waals surface area contributed by atoms with Gasteiger partial charge in [-0.15, -0.1) is 0 Å². The van der Waals surface area contributed by atoms with Gasteiger partial charge in [0, 0.05) is 25.7 Å². The number of rotatable bonds is 77. The molecular formula is C78H152O17P2. The Morgan fingerprint density at radius 1 is 0.299 bits per heavy atom. The molecule has 0 aliphatic rings. The normalized spacial score (nSPS) is 14.2. The third kappa shape index (κ3) is 70.9. The number of ether oxygens (including phenoxy) is 4. The molecule has 19 heteroatoms. The van der Waals surface area contributed by atoms with Crippen molar-refractivity contribution in [3.63, 3.8) is 0 Å². The van der Waals surface area contributed by atoms with Gasteiger partial charge in [-0.05, 0) is 37.5 Å². The molecule has 0 radical (unpaired) electrons. The Morgan fingerprint density at radius 2 is 0.526 bits per heavy atom. The number of carbonyl (C=O) groups is 4. The minimum atomic E-state index is -4.96. The first-order chi connectivity index (χ1) is 46.9. The van der Waals surface area contributed by atoms with Crippen molar-refractivity contribution in [2.75, 3.05) is 39.6 Å². The average molecular weight is 1420 g/mol. The second-order valence-corrected chi connectivity index (χ2v) is 31.7. The summed E-state index contributed by atoms with van der Waals surface area (Å²) in [4.78, 5) is 72.8. The molecule has 0 saturated carbocycles. The Morgan fingerprint density at radius 3 is 0.784 bits per heavy atom. The van der Waals surface area contributed by atoms with Crippen LogP contribution in [0, 0.1) is 11.8 Å². The molecule has 3 unspecified atom stereocenters. The van der Waals surface area contributed by atoms with E-state index in [9.17, 15) is 43.2 Å². The van der Waals surface area contributed by atoms with Gasteiger partial charge in [0.1, 0.15) is 19.3 Å². The van der Waals surface area contributed by atoms with Crippen molar-refractivity contribution in [1.82, 2.24) is 0 Å². The van der Waals surface area contributed by atoms with E-state index in [-0.39, 0.29) is 25.7 Å². The van der Waals surface area contributed by atoms with Gasteiger partial charge in [-0.25, -0.2) is 9.13 Å². The van der Waals surface area contributed by atoms with Crippen LogP contribution in [0.1, 0.15) is 408 Å². The fourth-order valence-corrected chi connectivity index (χ4v) is 13.6. The van der Waals surface area contributed by atoms with Crippen LogP contribution in [-0.2, 0) is 65.4 Å². The zero-order chi connectivity index (χ0) is 71.4. The van der Waals surface area contributed by atoms with Gasteiger partial charge in [0.05, 0.1) is 26.4 Å². The molecule has 0 aliphatic heterocycles. The third-order valence-corrected chi connectivity index (χ3v) is 20.5. The van der Waals surface area contributed by atoms with Crippen LogP contribution < -0.4 is 0 Å². The lowest BCUT2D eigenvalue weighted by Gasteiger charge is -2.21. The molecule has 576 valence electrons. The maximum Gasteiger partial charge on any atom is 0.472 e. The topological polar surface area (TPSA) is 237 Å². The van der Waals surface area contributed by atoms with Crippen LogP contribution in [0.3, 0.4) is 0 Å². The van der Waals surface area contributed by atoms with Gasteiger partial charge >= 0.3 is 39.5 Å². The van der Waals surface area contributed by atoms with Gasteiger partial charge in [-0.1, -0.05) is 356 Å². The molecule has 6 atom stereocenters. The fourth-order valence-electron chi connectivity index (χ4n) is 12.0. The van der Waals surface area contributed by atoms with Crippen molar-refractivity contribution < 1.29 is 80.2 Å². The van der Waals surface area contributed by atoms with Gasteiger partial charge < -0.3 is 33.8 Å². The van der Waals surface area contributed by atoms with E-state index in [0.717, 1.165) is 102 Å². The number of carbonyl (C=O) groups excluding carboxylic acids is 4. The van der Waals surface area contributed by atoms with Crippen molar-refractivity contribution in [2.45, 2.75) is 426 Å². The first kappa shape index (κ1) is 95.1. The number of aliphatic hydroxyl groups excluding tert-OH is 1. The summed E-state index contributed by atoms with van der Waals surface area (Å²) < 4.78 is 68.5. The second-order valence-electron chi connectivity index (χ2n) is 28.8. The summed E-state index contributed by atoms with van der Waals surface area (Å²) in [6.45, 7) is 9.50. The highest BCUT2D eigenvalue weighted by Gasteiger charge is 2.30. The van der Waals surface area contributed by atoms with Crippen molar-refractivity contribution in [2.24, 2.45) is 11.8 Å². The summed E-state index contributed by atoms with van der Waals surface area (Å²) in [7, 11) is -9.91. The summed E-state index contributed by atoms with van der Waals surface area (Å²) in [6.07, 6.45) is 58.6. The number of esters is 4. The van der Waals surface area contributed by atoms with E-state index in [4.69, 9.17) is 37.0 Å². The molecule has 0 bridgehead atoms. The number of aliphatic hydroxyl groups is 1. The highest BCUT2D eigenvalue weighted by atomic mass is 31.2. The summed E-state index contributed by atoms with van der Waals surface area (Å²) in [6, 6.07) is 0. The highest BCUT2D eigenvalue weighted by molar-refractivity contribution is 7.47. The second kappa shape index (κ2) is 69.8. The molecule has 0 spiro atoms. The monoisotopic (exact) mass is 1420 g/mol. The lowest BCUT2D eigenvalue weighted by molar-refractivity contribution is -0.161. The van der Waals surface area contributed by atoms with Crippen LogP contribution in [0.15, 0.2) is 0 Å². The molecule has 17 nitrogen and oxygen atoms in total. The molecule has 0 fully saturated rings. The van der Waals surface area contributed by atoms with E-state index in [2.05, 4.69) is 41.5 Å². The molecule has 0 aliphatic carbocycles. The van der Waals surface area contributed by atoms with Crippen molar-refractivity contribution in [3.05, 3.63) is 0 Å². The first-order valence-corrected chi connectivity index (χ1v) is 43.5. The van der Waals surface area contributed by atoms with E-state index in [0.29, 0.717) is 31.6 Å². The van der Waals surface area contributed by atoms with Crippen LogP contribution in [0.2, 0.25) is 0 Å². The maximum atomic E-state index is 13.1. The number of hydrogen-bond donors (Lipinski definition) is 3. The van der Waals surface area contributed by atoms with Crippen LogP contribution in [-0.4, -0.2) is 96.7 Å². The first-order valence-electron chi connectivity index (χ1n) is 40.5. The predicted molar refractivity (Wildman–Crippen MR) is 395 cm³/mol. The highest BCUT2D eigenvalue weighted by Crippen LogP contribution is 2.45. The molecule has 0 rings (SSSR count). The standard InChI is InChI=1S/C78H152O17P2/c1-7-10-12-14-16-18-20-22-24-26-27-28-30-32-34-36-38-42-50-56-62-77(82)94-73(66-88-75(80)60-54-48-41-37-35-33-31-29-25-23-21-19-17-15-13-11-8-2)68-92-96(84,85)90-64-72(79)65-91-97(86,87)93-69-74(95-78(83)63-57-51-43-39-40-46-52-58-70(4)5)67-89-76(81)61-55-49-45-44-47-53-59-71(6)9-3/h70-74,79H,7-69H2,1-6H3,(H,84,85)(H,86,87)/t71?,72-,73-,74-/m1/s1. The van der Waals surface area contributed by atoms with Gasteiger partial charge in [0.15, 0.2) is 12.2 Å². The van der Waals surface area contributed by atoms with Crippen molar-refractivity contribution in [1.29, 1.82) is 0 Å². The Kier molecular flexibility index (Phi) is 68.4. The zero-order valence-electron chi connectivity index (χ0n) is 63.4. The summed E-state index contributed by atoms with van der Waals surface area (Å²) in [5.41, 5.74) is 0. The fraction of sp³-hybridized carbons (Fsp3) is 0.949. The van der Waals surface area contributed by atoms with Gasteiger partial charge in [-0.3, -0.25) is 37.3 Å². The molecule has 0 aromatic rings. The summed E-state index contributed by atoms with van der Waals surface area (Å²) >= 11 is 0. The molecule has 97 heavy (non-hydrogen) atoms. The maximum absolute atomic E-state index is 13.1. The Balaban J connectivity index is 5.21. The van der Waals surface area contributed by atoms with Crippen LogP contribution in [0.25, 0.3) is 0 Å². The third-order valence-electron chi connectivity index (χ3n) is 18.6. The van der Waals surface area contributed by atoms with E-state index < -0.39 is 97.5 Å². The summed E-state index contributed by atoms with van der Waals surface area (Å²) in [5, 5.41) is 10.6. The SMILES string of the molecule is CCCCCCCCCCCCCCCCCCCCCCC(=O)O[C@H](COC(=O)CCCCCCCCCCCCCCCCCCC)COP(=O)(O)OC[C@@H](O)COP(=O)(O)OC[C@@H](COC(=O)CCCCCCCCC(C)CC)OC(=O)CCCCCCCCCC(C)C. The Labute approximate surface area is 594 Å². The molecule has 0 aromatic heterocycles. The van der Waals surface area contributed by atoms with Gasteiger partial charge in [0.2, 0.25) is 0 Å². The molecule has 0 saturated heterocycles. The molecule has 0 heterocycles. The van der Waals surface area contributed by atoms with Gasteiger partial charge in [0.25, 0.3) is 0 Å². The Hall–Kier alpha value is -1.94. The van der Waals surface area contributed by atoms with Crippen LogP contribution >= 0.6 is 15.6 Å². The molecular weight excluding hydrogens is 1270 g/mol. The van der Waals surface area contributed by atoms with E-state index in [1.165, 1.54) is 218 Å². The van der Waals surface area contributed by atoms with Gasteiger partial charge in [-0.2, -0.15) is 0 Å².